The minimum atomic E-state index is -0.889. The van der Waals surface area contributed by atoms with Gasteiger partial charge in [-0.3, -0.25) is 4.79 Å². The van der Waals surface area contributed by atoms with E-state index in [9.17, 15) is 9.59 Å². The summed E-state index contributed by atoms with van der Waals surface area (Å²) < 4.78 is 0.516. The summed E-state index contributed by atoms with van der Waals surface area (Å²) in [6, 6.07) is -0.832. The van der Waals surface area contributed by atoms with Gasteiger partial charge in [0.05, 0.1) is 21.1 Å². The van der Waals surface area contributed by atoms with Crippen LogP contribution in [-0.4, -0.2) is 66.1 Å². The van der Waals surface area contributed by atoms with Crippen molar-refractivity contribution < 1.29 is 19.2 Å². The second kappa shape index (κ2) is 4.41. The fourth-order valence-electron chi connectivity index (χ4n) is 1.86. The highest BCUT2D eigenvalue weighted by molar-refractivity contribution is 5.86. The number of nitrogens with zero attached hydrogens (tertiary/aromatic N) is 2. The molecule has 0 aromatic rings. The fraction of sp³-hybridized carbons (Fsp3) is 0.818. The van der Waals surface area contributed by atoms with Crippen molar-refractivity contribution in [2.24, 2.45) is 0 Å². The summed E-state index contributed by atoms with van der Waals surface area (Å²) in [5.74, 6) is -0.947. The monoisotopic (exact) mass is 229 g/mol. The van der Waals surface area contributed by atoms with E-state index >= 15 is 0 Å². The van der Waals surface area contributed by atoms with Crippen LogP contribution in [0.5, 0.6) is 0 Å². The van der Waals surface area contributed by atoms with Gasteiger partial charge < -0.3 is 14.5 Å². The average molecular weight is 229 g/mol. The van der Waals surface area contributed by atoms with E-state index in [0.717, 1.165) is 6.42 Å². The van der Waals surface area contributed by atoms with Gasteiger partial charge in [-0.25, -0.2) is 4.79 Å². The van der Waals surface area contributed by atoms with E-state index in [2.05, 4.69) is 0 Å². The molecule has 5 nitrogen and oxygen atoms in total. The molecule has 0 saturated carbocycles. The average Bonchev–Trinajstić information content (AvgIpc) is 2.62. The highest BCUT2D eigenvalue weighted by Crippen LogP contribution is 2.20. The molecule has 92 valence electrons. The van der Waals surface area contributed by atoms with Crippen molar-refractivity contribution >= 4 is 11.9 Å². The smallest absolute Gasteiger partial charge is 0.326 e. The number of amides is 1. The molecule has 1 unspecified atom stereocenters. The Hall–Kier alpha value is -1.10. The van der Waals surface area contributed by atoms with E-state index in [-0.39, 0.29) is 11.9 Å². The molecule has 1 N–H and O–H groups in total. The molecule has 1 aliphatic heterocycles. The first-order valence-corrected chi connectivity index (χ1v) is 5.59. The molecular weight excluding hydrogens is 208 g/mol. The lowest BCUT2D eigenvalue weighted by atomic mass is 10.2. The van der Waals surface area contributed by atoms with Gasteiger partial charge in [-0.05, 0) is 19.8 Å². The molecule has 0 bridgehead atoms. The second-order valence-electron chi connectivity index (χ2n) is 5.32. The highest BCUT2D eigenvalue weighted by atomic mass is 16.4. The number of carboxylic acid groups (broad SMARTS) is 1. The Morgan fingerprint density at radius 2 is 1.94 bits per heavy atom. The molecule has 5 heteroatoms. The largest absolute Gasteiger partial charge is 0.480 e. The molecule has 1 saturated heterocycles. The van der Waals surface area contributed by atoms with Crippen LogP contribution in [0.4, 0.5) is 0 Å². The topological polar surface area (TPSA) is 57.6 Å². The molecule has 1 rings (SSSR count). The number of likely N-dealkylation sites (tertiary alicyclic amines) is 1. The molecule has 0 spiro atoms. The van der Waals surface area contributed by atoms with Gasteiger partial charge in [0.1, 0.15) is 6.04 Å². The lowest BCUT2D eigenvalue weighted by molar-refractivity contribution is -0.884. The van der Waals surface area contributed by atoms with Crippen LogP contribution >= 0.6 is 0 Å². The molecule has 1 heterocycles. The maximum absolute atomic E-state index is 12.2. The van der Waals surface area contributed by atoms with Crippen LogP contribution in [0.25, 0.3) is 0 Å². The Morgan fingerprint density at radius 1 is 1.38 bits per heavy atom. The van der Waals surface area contributed by atoms with Crippen molar-refractivity contribution in [1.82, 2.24) is 4.90 Å². The van der Waals surface area contributed by atoms with E-state index in [0.29, 0.717) is 17.4 Å². The number of hydrogen-bond acceptors (Lipinski definition) is 2. The van der Waals surface area contributed by atoms with Gasteiger partial charge in [0, 0.05) is 6.54 Å². The van der Waals surface area contributed by atoms with Gasteiger partial charge in [0.25, 0.3) is 5.91 Å². The predicted molar refractivity (Wildman–Crippen MR) is 59.9 cm³/mol. The van der Waals surface area contributed by atoms with Crippen LogP contribution in [0.15, 0.2) is 0 Å². The third kappa shape index (κ3) is 2.52. The van der Waals surface area contributed by atoms with Gasteiger partial charge in [-0.1, -0.05) is 0 Å². The van der Waals surface area contributed by atoms with Crippen molar-refractivity contribution in [3.63, 3.8) is 0 Å². The van der Waals surface area contributed by atoms with E-state index in [1.807, 2.05) is 28.1 Å². The maximum Gasteiger partial charge on any atom is 0.326 e. The van der Waals surface area contributed by atoms with Crippen LogP contribution in [0.2, 0.25) is 0 Å². The molecule has 1 aliphatic rings. The number of likely N-dealkylation sites (N-methyl/N-ethyl adjacent to an activating group) is 1. The molecule has 16 heavy (non-hydrogen) atoms. The lowest BCUT2D eigenvalue weighted by Gasteiger charge is -2.34. The summed E-state index contributed by atoms with van der Waals surface area (Å²) >= 11 is 0. The van der Waals surface area contributed by atoms with Gasteiger partial charge in [0.15, 0.2) is 6.04 Å². The first-order chi connectivity index (χ1) is 7.25. The van der Waals surface area contributed by atoms with Gasteiger partial charge in [-0.15, -0.1) is 0 Å². The zero-order valence-electron chi connectivity index (χ0n) is 10.4. The normalized spacial score (nSPS) is 23.2. The molecule has 0 aliphatic carbocycles. The Balaban J connectivity index is 2.77. The Morgan fingerprint density at radius 3 is 2.38 bits per heavy atom. The molecule has 2 atom stereocenters. The Kier molecular flexibility index (Phi) is 3.57. The third-order valence-corrected chi connectivity index (χ3v) is 3.34. The summed E-state index contributed by atoms with van der Waals surface area (Å²) in [4.78, 5) is 24.7. The zero-order chi connectivity index (χ0) is 12.5. The summed E-state index contributed by atoms with van der Waals surface area (Å²) in [5, 5.41) is 9.02. The molecule has 1 amide bonds. The predicted octanol–water partition coefficient (Wildman–Crippen LogP) is 0.157. The highest BCUT2D eigenvalue weighted by Gasteiger charge is 2.39. The maximum atomic E-state index is 12.2. The lowest BCUT2D eigenvalue weighted by Crippen LogP contribution is -2.55. The van der Waals surface area contributed by atoms with Gasteiger partial charge in [0.2, 0.25) is 0 Å². The molecule has 1 fully saturated rings. The van der Waals surface area contributed by atoms with E-state index in [1.165, 1.54) is 4.90 Å². The standard InChI is InChI=1S/C11H20N2O3/c1-8(13(2,3)4)10(14)12-7-5-6-9(12)11(15)16/h8-9H,5-7H2,1-4H3/p+1/t8?,9-/m0/s1. The number of carbonyl (C=O) groups is 2. The van der Waals surface area contributed by atoms with Crippen molar-refractivity contribution in [1.29, 1.82) is 0 Å². The van der Waals surface area contributed by atoms with Crippen LogP contribution < -0.4 is 0 Å². The van der Waals surface area contributed by atoms with E-state index < -0.39 is 12.0 Å². The zero-order valence-corrected chi connectivity index (χ0v) is 10.4. The van der Waals surface area contributed by atoms with Crippen LogP contribution in [0.1, 0.15) is 19.8 Å². The molecule has 0 aromatic heterocycles. The fourth-order valence-corrected chi connectivity index (χ4v) is 1.86. The molecular formula is C11H21N2O3+. The summed E-state index contributed by atoms with van der Waals surface area (Å²) in [5.41, 5.74) is 0. The minimum Gasteiger partial charge on any atom is -0.480 e. The third-order valence-electron chi connectivity index (χ3n) is 3.34. The van der Waals surface area contributed by atoms with Crippen molar-refractivity contribution in [2.45, 2.75) is 31.8 Å². The number of carbonyl (C=O) groups excluding carboxylic acids is 1. The quantitative estimate of drug-likeness (QED) is 0.701. The van der Waals surface area contributed by atoms with Crippen molar-refractivity contribution in [3.8, 4) is 0 Å². The van der Waals surface area contributed by atoms with Gasteiger partial charge in [-0.2, -0.15) is 0 Å². The van der Waals surface area contributed by atoms with Crippen LogP contribution in [0, 0.1) is 0 Å². The van der Waals surface area contributed by atoms with Crippen molar-refractivity contribution in [3.05, 3.63) is 0 Å². The molecule has 0 aromatic carbocycles. The minimum absolute atomic E-state index is 0.0580. The van der Waals surface area contributed by atoms with Crippen LogP contribution in [-0.2, 0) is 9.59 Å². The number of rotatable bonds is 3. The number of carboxylic acids is 1. The van der Waals surface area contributed by atoms with E-state index in [4.69, 9.17) is 5.11 Å². The second-order valence-corrected chi connectivity index (χ2v) is 5.32. The summed E-state index contributed by atoms with van der Waals surface area (Å²) in [6.07, 6.45) is 1.36. The number of aliphatic carboxylic acids is 1. The van der Waals surface area contributed by atoms with Gasteiger partial charge >= 0.3 is 5.97 Å². The first-order valence-electron chi connectivity index (χ1n) is 5.59. The SMILES string of the molecule is CC(C(=O)N1CCC[C@H]1C(=O)O)[N+](C)(C)C. The van der Waals surface area contributed by atoms with Crippen LogP contribution in [0.3, 0.4) is 0 Å². The number of quaternary nitrogens is 1. The molecule has 0 radical (unpaired) electrons. The first kappa shape index (κ1) is 13.0. The number of hydrogen-bond donors (Lipinski definition) is 1. The Labute approximate surface area is 96.2 Å². The summed E-state index contributed by atoms with van der Waals surface area (Å²) in [6.45, 7) is 2.42. The summed E-state index contributed by atoms with van der Waals surface area (Å²) in [7, 11) is 5.82. The van der Waals surface area contributed by atoms with Crippen molar-refractivity contribution in [2.75, 3.05) is 27.7 Å². The van der Waals surface area contributed by atoms with E-state index in [1.54, 1.807) is 0 Å². The Bertz CT molecular complexity index is 296.